The summed E-state index contributed by atoms with van der Waals surface area (Å²) in [5, 5.41) is 5.64. The Hall–Kier alpha value is -0.870. The highest BCUT2D eigenvalue weighted by Gasteiger charge is 2.18. The smallest absolute Gasteiger partial charge is 0.150 e. The Morgan fingerprint density at radius 3 is 3.06 bits per heavy atom. The minimum Gasteiger partial charge on any atom is -0.356 e. The molecular weight excluding hydrogens is 280 g/mol. The van der Waals surface area contributed by atoms with Crippen LogP contribution < -0.4 is 0 Å². The van der Waals surface area contributed by atoms with Gasteiger partial charge in [0.2, 0.25) is 0 Å². The van der Waals surface area contributed by atoms with Gasteiger partial charge in [-0.25, -0.2) is 4.68 Å². The number of aryl methyl sites for hydroxylation is 1. The lowest BCUT2D eigenvalue weighted by Gasteiger charge is -2.23. The van der Waals surface area contributed by atoms with Gasteiger partial charge in [0.15, 0.2) is 6.23 Å². The SMILES string of the molecule is Cc1cc2c(cnn2C2CCCCO2)cc1Br. The first-order valence-electron chi connectivity index (χ1n) is 6.00. The van der Waals surface area contributed by atoms with E-state index >= 15 is 0 Å². The first-order chi connectivity index (χ1) is 8.25. The standard InChI is InChI=1S/C13H15BrN2O/c1-9-6-12-10(7-11(9)14)8-15-16(12)13-4-2-3-5-17-13/h6-8,13H,2-5H2,1H3. The van der Waals surface area contributed by atoms with Gasteiger partial charge < -0.3 is 4.74 Å². The van der Waals surface area contributed by atoms with Crippen LogP contribution in [-0.4, -0.2) is 16.4 Å². The highest BCUT2D eigenvalue weighted by molar-refractivity contribution is 9.10. The zero-order valence-corrected chi connectivity index (χ0v) is 11.4. The first-order valence-corrected chi connectivity index (χ1v) is 6.80. The predicted octanol–water partition coefficient (Wildman–Crippen LogP) is 3.81. The van der Waals surface area contributed by atoms with E-state index in [2.05, 4.69) is 40.1 Å². The van der Waals surface area contributed by atoms with Crippen LogP contribution in [0.4, 0.5) is 0 Å². The van der Waals surface area contributed by atoms with Crippen LogP contribution in [0.3, 0.4) is 0 Å². The molecule has 2 aromatic rings. The number of ether oxygens (including phenoxy) is 1. The maximum absolute atomic E-state index is 5.79. The Kier molecular flexibility index (Phi) is 2.92. The van der Waals surface area contributed by atoms with Crippen molar-refractivity contribution in [2.24, 2.45) is 0 Å². The monoisotopic (exact) mass is 294 g/mol. The second kappa shape index (κ2) is 4.42. The minimum absolute atomic E-state index is 0.113. The van der Waals surface area contributed by atoms with Crippen molar-refractivity contribution in [3.63, 3.8) is 0 Å². The van der Waals surface area contributed by atoms with E-state index in [1.54, 1.807) is 0 Å². The number of hydrogen-bond donors (Lipinski definition) is 0. The van der Waals surface area contributed by atoms with Crippen molar-refractivity contribution in [1.82, 2.24) is 9.78 Å². The van der Waals surface area contributed by atoms with Crippen LogP contribution in [-0.2, 0) is 4.74 Å². The third kappa shape index (κ3) is 2.00. The maximum Gasteiger partial charge on any atom is 0.150 e. The summed E-state index contributed by atoms with van der Waals surface area (Å²) in [6.45, 7) is 2.95. The molecular formula is C13H15BrN2O. The van der Waals surface area contributed by atoms with Crippen molar-refractivity contribution in [2.75, 3.05) is 6.61 Å². The summed E-state index contributed by atoms with van der Waals surface area (Å²) in [4.78, 5) is 0. The van der Waals surface area contributed by atoms with Gasteiger partial charge in [-0.3, -0.25) is 0 Å². The van der Waals surface area contributed by atoms with E-state index in [1.165, 1.54) is 18.4 Å². The fraction of sp³-hybridized carbons (Fsp3) is 0.462. The Morgan fingerprint density at radius 1 is 1.41 bits per heavy atom. The highest BCUT2D eigenvalue weighted by atomic mass is 79.9. The van der Waals surface area contributed by atoms with Gasteiger partial charge in [0.05, 0.1) is 11.7 Å². The summed E-state index contributed by atoms with van der Waals surface area (Å²) in [6.07, 6.45) is 5.48. The number of benzene rings is 1. The first kappa shape index (κ1) is 11.2. The molecule has 0 bridgehead atoms. The summed E-state index contributed by atoms with van der Waals surface area (Å²) in [7, 11) is 0. The summed E-state index contributed by atoms with van der Waals surface area (Å²) < 4.78 is 8.94. The molecule has 1 aromatic carbocycles. The molecule has 4 heteroatoms. The van der Waals surface area contributed by atoms with Gasteiger partial charge in [0, 0.05) is 16.5 Å². The molecule has 3 rings (SSSR count). The van der Waals surface area contributed by atoms with Crippen LogP contribution in [0.1, 0.15) is 31.1 Å². The fourth-order valence-electron chi connectivity index (χ4n) is 2.32. The molecule has 1 unspecified atom stereocenters. The molecule has 17 heavy (non-hydrogen) atoms. The third-order valence-corrected chi connectivity index (χ3v) is 4.16. The number of aromatic nitrogens is 2. The molecule has 1 saturated heterocycles. The van der Waals surface area contributed by atoms with Crippen LogP contribution in [0.5, 0.6) is 0 Å². The van der Waals surface area contributed by atoms with Crippen LogP contribution >= 0.6 is 15.9 Å². The van der Waals surface area contributed by atoms with Gasteiger partial charge in [-0.15, -0.1) is 0 Å². The molecule has 0 aliphatic carbocycles. The normalized spacial score (nSPS) is 20.9. The molecule has 0 radical (unpaired) electrons. The molecule has 1 aliphatic rings. The van der Waals surface area contributed by atoms with Crippen molar-refractivity contribution >= 4 is 26.8 Å². The van der Waals surface area contributed by atoms with Gasteiger partial charge in [0.25, 0.3) is 0 Å². The third-order valence-electron chi connectivity index (χ3n) is 3.30. The quantitative estimate of drug-likeness (QED) is 0.800. The van der Waals surface area contributed by atoms with Gasteiger partial charge >= 0.3 is 0 Å². The highest BCUT2D eigenvalue weighted by Crippen LogP contribution is 2.29. The van der Waals surface area contributed by atoms with E-state index in [4.69, 9.17) is 4.74 Å². The molecule has 2 heterocycles. The van der Waals surface area contributed by atoms with Crippen molar-refractivity contribution in [1.29, 1.82) is 0 Å². The van der Waals surface area contributed by atoms with Gasteiger partial charge in [0.1, 0.15) is 0 Å². The van der Waals surface area contributed by atoms with Gasteiger partial charge in [-0.05, 0) is 43.9 Å². The molecule has 3 nitrogen and oxygen atoms in total. The van der Waals surface area contributed by atoms with E-state index in [-0.39, 0.29) is 6.23 Å². The van der Waals surface area contributed by atoms with Crippen molar-refractivity contribution in [3.8, 4) is 0 Å². The molecule has 0 N–H and O–H groups in total. The Morgan fingerprint density at radius 2 is 2.29 bits per heavy atom. The average Bonchev–Trinajstić information content (AvgIpc) is 2.74. The van der Waals surface area contributed by atoms with E-state index in [0.29, 0.717) is 0 Å². The van der Waals surface area contributed by atoms with Crippen molar-refractivity contribution < 1.29 is 4.74 Å². The maximum atomic E-state index is 5.79. The molecule has 1 aromatic heterocycles. The van der Waals surface area contributed by atoms with Crippen LogP contribution in [0.2, 0.25) is 0 Å². The van der Waals surface area contributed by atoms with Crippen molar-refractivity contribution in [2.45, 2.75) is 32.4 Å². The van der Waals surface area contributed by atoms with Crippen molar-refractivity contribution in [3.05, 3.63) is 28.4 Å². The predicted molar refractivity (Wildman–Crippen MR) is 71.0 cm³/mol. The number of rotatable bonds is 1. The lowest BCUT2D eigenvalue weighted by molar-refractivity contribution is -0.0366. The molecule has 90 valence electrons. The average molecular weight is 295 g/mol. The minimum atomic E-state index is 0.113. The summed E-state index contributed by atoms with van der Waals surface area (Å²) in [5.74, 6) is 0. The molecule has 1 aliphatic heterocycles. The Bertz CT molecular complexity index is 544. The number of halogens is 1. The fourth-order valence-corrected chi connectivity index (χ4v) is 2.68. The molecule has 1 atom stereocenters. The zero-order valence-electron chi connectivity index (χ0n) is 9.82. The topological polar surface area (TPSA) is 27.1 Å². The Balaban J connectivity index is 2.07. The van der Waals surface area contributed by atoms with E-state index in [0.717, 1.165) is 28.4 Å². The van der Waals surface area contributed by atoms with E-state index < -0.39 is 0 Å². The summed E-state index contributed by atoms with van der Waals surface area (Å²) >= 11 is 3.55. The number of fused-ring (bicyclic) bond motifs is 1. The lowest BCUT2D eigenvalue weighted by atomic mass is 10.1. The van der Waals surface area contributed by atoms with E-state index in [9.17, 15) is 0 Å². The molecule has 0 amide bonds. The second-order valence-electron chi connectivity index (χ2n) is 4.57. The number of hydrogen-bond acceptors (Lipinski definition) is 2. The second-order valence-corrected chi connectivity index (χ2v) is 5.42. The largest absolute Gasteiger partial charge is 0.356 e. The van der Waals surface area contributed by atoms with E-state index in [1.807, 2.05) is 10.9 Å². The molecule has 0 spiro atoms. The lowest BCUT2D eigenvalue weighted by Crippen LogP contribution is -2.18. The number of nitrogens with zero attached hydrogens (tertiary/aromatic N) is 2. The zero-order chi connectivity index (χ0) is 11.8. The Labute approximate surface area is 109 Å². The van der Waals surface area contributed by atoms with Crippen LogP contribution in [0, 0.1) is 6.92 Å². The summed E-state index contributed by atoms with van der Waals surface area (Å²) in [5.41, 5.74) is 2.40. The molecule has 0 saturated carbocycles. The van der Waals surface area contributed by atoms with Gasteiger partial charge in [-0.2, -0.15) is 5.10 Å². The molecule has 1 fully saturated rings. The summed E-state index contributed by atoms with van der Waals surface area (Å²) in [6, 6.07) is 4.29. The van der Waals surface area contributed by atoms with Gasteiger partial charge in [-0.1, -0.05) is 15.9 Å². The van der Waals surface area contributed by atoms with Crippen LogP contribution in [0.25, 0.3) is 10.9 Å². The van der Waals surface area contributed by atoms with Crippen LogP contribution in [0.15, 0.2) is 22.8 Å².